The molecule has 0 radical (unpaired) electrons. The van der Waals surface area contributed by atoms with Crippen LogP contribution >= 0.6 is 22.6 Å². The van der Waals surface area contributed by atoms with Crippen molar-refractivity contribution in [2.24, 2.45) is 0 Å². The molecule has 0 aromatic rings. The van der Waals surface area contributed by atoms with Crippen molar-refractivity contribution < 1.29 is 0 Å². The SMILES string of the molecule is C=CCCC=CCCCCI. The molecule has 0 nitrogen and oxygen atoms in total. The Hall–Kier alpha value is 0.210. The van der Waals surface area contributed by atoms with E-state index >= 15 is 0 Å². The number of alkyl halides is 1. The van der Waals surface area contributed by atoms with Gasteiger partial charge in [-0.1, -0.05) is 40.8 Å². The molecule has 0 aliphatic carbocycles. The van der Waals surface area contributed by atoms with Gasteiger partial charge in [0.2, 0.25) is 0 Å². The standard InChI is InChI=1S/C10H17I/c1-2-3-4-5-6-7-8-9-10-11/h2,5-6H,1,3-4,7-10H2. The van der Waals surface area contributed by atoms with E-state index in [9.17, 15) is 0 Å². The second kappa shape index (κ2) is 10.2. The Morgan fingerprint density at radius 1 is 1.00 bits per heavy atom. The van der Waals surface area contributed by atoms with Crippen molar-refractivity contribution in [1.29, 1.82) is 0 Å². The van der Waals surface area contributed by atoms with Crippen molar-refractivity contribution in [2.75, 3.05) is 4.43 Å². The highest BCUT2D eigenvalue weighted by Gasteiger charge is 1.81. The van der Waals surface area contributed by atoms with Crippen LogP contribution in [0.4, 0.5) is 0 Å². The Morgan fingerprint density at radius 2 is 1.73 bits per heavy atom. The van der Waals surface area contributed by atoms with Crippen molar-refractivity contribution in [3.05, 3.63) is 24.8 Å². The van der Waals surface area contributed by atoms with E-state index in [1.807, 2.05) is 6.08 Å². The quantitative estimate of drug-likeness (QED) is 0.281. The summed E-state index contributed by atoms with van der Waals surface area (Å²) in [5, 5.41) is 0. The van der Waals surface area contributed by atoms with Gasteiger partial charge in [0.15, 0.2) is 0 Å². The fraction of sp³-hybridized carbons (Fsp3) is 0.600. The zero-order chi connectivity index (χ0) is 8.36. The van der Waals surface area contributed by atoms with Gasteiger partial charge in [-0.2, -0.15) is 0 Å². The van der Waals surface area contributed by atoms with Crippen molar-refractivity contribution in [3.63, 3.8) is 0 Å². The normalized spacial score (nSPS) is 10.6. The van der Waals surface area contributed by atoms with Gasteiger partial charge in [-0.15, -0.1) is 6.58 Å². The lowest BCUT2D eigenvalue weighted by molar-refractivity contribution is 0.827. The maximum atomic E-state index is 3.67. The van der Waals surface area contributed by atoms with Crippen LogP contribution in [0, 0.1) is 0 Å². The van der Waals surface area contributed by atoms with Crippen LogP contribution in [0.5, 0.6) is 0 Å². The van der Waals surface area contributed by atoms with E-state index in [2.05, 4.69) is 41.3 Å². The largest absolute Gasteiger partial charge is 0.103 e. The number of hydrogen-bond donors (Lipinski definition) is 0. The Balaban J connectivity index is 2.97. The monoisotopic (exact) mass is 264 g/mol. The van der Waals surface area contributed by atoms with Crippen LogP contribution in [0.25, 0.3) is 0 Å². The number of unbranched alkanes of at least 4 members (excludes halogenated alkanes) is 3. The van der Waals surface area contributed by atoms with Crippen molar-refractivity contribution in [3.8, 4) is 0 Å². The molecular weight excluding hydrogens is 247 g/mol. The van der Waals surface area contributed by atoms with E-state index in [0.29, 0.717) is 0 Å². The molecule has 0 atom stereocenters. The van der Waals surface area contributed by atoms with Gasteiger partial charge in [0, 0.05) is 0 Å². The zero-order valence-corrected chi connectivity index (χ0v) is 9.22. The average molecular weight is 264 g/mol. The first-order valence-electron chi connectivity index (χ1n) is 4.23. The predicted molar refractivity (Wildman–Crippen MR) is 61.3 cm³/mol. The van der Waals surface area contributed by atoms with Crippen LogP contribution in [0.2, 0.25) is 0 Å². The Labute approximate surface area is 83.9 Å². The summed E-state index contributed by atoms with van der Waals surface area (Å²) in [5.74, 6) is 0. The second-order valence-corrected chi connectivity index (χ2v) is 3.60. The second-order valence-electron chi connectivity index (χ2n) is 2.52. The fourth-order valence-corrected chi connectivity index (χ4v) is 1.35. The van der Waals surface area contributed by atoms with E-state index in [4.69, 9.17) is 0 Å². The van der Waals surface area contributed by atoms with Gasteiger partial charge in [-0.3, -0.25) is 0 Å². The van der Waals surface area contributed by atoms with Gasteiger partial charge >= 0.3 is 0 Å². The van der Waals surface area contributed by atoms with Crippen LogP contribution in [0.1, 0.15) is 32.1 Å². The molecule has 0 aromatic carbocycles. The molecule has 11 heavy (non-hydrogen) atoms. The van der Waals surface area contributed by atoms with Gasteiger partial charge in [-0.25, -0.2) is 0 Å². The molecule has 64 valence electrons. The summed E-state index contributed by atoms with van der Waals surface area (Å²) in [6.45, 7) is 3.67. The van der Waals surface area contributed by atoms with Crippen LogP contribution in [0.15, 0.2) is 24.8 Å². The average Bonchev–Trinajstić information content (AvgIpc) is 2.03. The third-order valence-corrected chi connectivity index (χ3v) is 2.22. The number of halogens is 1. The Bertz CT molecular complexity index is 105. The maximum Gasteiger partial charge on any atom is -0.000462 e. The fourth-order valence-electron chi connectivity index (χ4n) is 0.806. The minimum atomic E-state index is 1.11. The molecule has 0 amide bonds. The molecule has 0 bridgehead atoms. The lowest BCUT2D eigenvalue weighted by atomic mass is 10.2. The summed E-state index contributed by atoms with van der Waals surface area (Å²) in [5.41, 5.74) is 0. The zero-order valence-electron chi connectivity index (χ0n) is 7.06. The van der Waals surface area contributed by atoms with E-state index in [-0.39, 0.29) is 0 Å². The van der Waals surface area contributed by atoms with Crippen LogP contribution in [-0.4, -0.2) is 4.43 Å². The third-order valence-electron chi connectivity index (χ3n) is 1.46. The van der Waals surface area contributed by atoms with Crippen molar-refractivity contribution in [2.45, 2.75) is 32.1 Å². The molecule has 0 saturated carbocycles. The molecule has 0 unspecified atom stereocenters. The Morgan fingerprint density at radius 3 is 2.36 bits per heavy atom. The summed E-state index contributed by atoms with van der Waals surface area (Å²) < 4.78 is 1.29. The lowest BCUT2D eigenvalue weighted by Crippen LogP contribution is -1.73. The van der Waals surface area contributed by atoms with Crippen molar-refractivity contribution in [1.82, 2.24) is 0 Å². The smallest absolute Gasteiger partial charge is 0.000462 e. The molecule has 0 aliphatic heterocycles. The molecule has 0 heterocycles. The molecule has 0 rings (SSSR count). The highest BCUT2D eigenvalue weighted by molar-refractivity contribution is 14.1. The highest BCUT2D eigenvalue weighted by Crippen LogP contribution is 2.01. The first kappa shape index (κ1) is 11.2. The van der Waals surface area contributed by atoms with E-state index in [1.54, 1.807) is 0 Å². The molecule has 0 spiro atoms. The van der Waals surface area contributed by atoms with E-state index in [0.717, 1.165) is 12.8 Å². The maximum absolute atomic E-state index is 3.67. The van der Waals surface area contributed by atoms with Gasteiger partial charge in [0.1, 0.15) is 0 Å². The first-order chi connectivity index (χ1) is 5.41. The van der Waals surface area contributed by atoms with Gasteiger partial charge < -0.3 is 0 Å². The van der Waals surface area contributed by atoms with Crippen LogP contribution in [-0.2, 0) is 0 Å². The molecule has 0 fully saturated rings. The minimum Gasteiger partial charge on any atom is -0.103 e. The van der Waals surface area contributed by atoms with E-state index < -0.39 is 0 Å². The third kappa shape index (κ3) is 10.2. The minimum absolute atomic E-state index is 1.11. The molecule has 0 N–H and O–H groups in total. The van der Waals surface area contributed by atoms with Crippen molar-refractivity contribution >= 4 is 22.6 Å². The van der Waals surface area contributed by atoms with Gasteiger partial charge in [0.25, 0.3) is 0 Å². The van der Waals surface area contributed by atoms with Crippen LogP contribution < -0.4 is 0 Å². The molecule has 0 saturated heterocycles. The summed E-state index contributed by atoms with van der Waals surface area (Å²) in [6, 6.07) is 0. The van der Waals surface area contributed by atoms with Gasteiger partial charge in [-0.05, 0) is 36.5 Å². The lowest BCUT2D eigenvalue weighted by Gasteiger charge is -1.90. The number of hydrogen-bond acceptors (Lipinski definition) is 0. The summed E-state index contributed by atoms with van der Waals surface area (Å²) in [7, 11) is 0. The topological polar surface area (TPSA) is 0 Å². The Kier molecular flexibility index (Phi) is 10.4. The van der Waals surface area contributed by atoms with Gasteiger partial charge in [0.05, 0.1) is 0 Å². The first-order valence-corrected chi connectivity index (χ1v) is 5.76. The summed E-state index contributed by atoms with van der Waals surface area (Å²) >= 11 is 2.42. The molecular formula is C10H17I. The molecule has 1 heteroatoms. The molecule has 0 aliphatic rings. The highest BCUT2D eigenvalue weighted by atomic mass is 127. The predicted octanol–water partition coefficient (Wildman–Crippen LogP) is 4.11. The number of allylic oxidation sites excluding steroid dienone is 3. The van der Waals surface area contributed by atoms with Crippen LogP contribution in [0.3, 0.4) is 0 Å². The summed E-state index contributed by atoms with van der Waals surface area (Å²) in [6.07, 6.45) is 12.7. The van der Waals surface area contributed by atoms with E-state index in [1.165, 1.54) is 23.7 Å². The number of rotatable bonds is 7. The summed E-state index contributed by atoms with van der Waals surface area (Å²) in [4.78, 5) is 0. The molecule has 0 aromatic heterocycles.